The van der Waals surface area contributed by atoms with Crippen molar-refractivity contribution in [3.05, 3.63) is 24.3 Å². The highest BCUT2D eigenvalue weighted by Crippen LogP contribution is 2.17. The first-order chi connectivity index (χ1) is 8.99. The summed E-state index contributed by atoms with van der Waals surface area (Å²) in [6.07, 6.45) is 0.308. The zero-order valence-corrected chi connectivity index (χ0v) is 12.1. The third-order valence-electron chi connectivity index (χ3n) is 2.31. The molecular formula is C10H15BN2O4S2. The summed E-state index contributed by atoms with van der Waals surface area (Å²) in [6, 6.07) is 6.22. The molecule has 0 aliphatic rings. The highest BCUT2D eigenvalue weighted by atomic mass is 32.2. The molecule has 0 fully saturated rings. The summed E-state index contributed by atoms with van der Waals surface area (Å²) in [5.41, 5.74) is 0.813. The summed E-state index contributed by atoms with van der Waals surface area (Å²) < 4.78 is 26.9. The molecule has 2 radical (unpaired) electrons. The monoisotopic (exact) mass is 302 g/mol. The van der Waals surface area contributed by atoms with Crippen molar-refractivity contribution < 1.29 is 17.6 Å². The van der Waals surface area contributed by atoms with Crippen molar-refractivity contribution in [1.29, 1.82) is 0 Å². The van der Waals surface area contributed by atoms with Crippen molar-refractivity contribution in [1.82, 2.24) is 0 Å². The number of nitrogens with two attached hydrogens (primary N) is 1. The highest BCUT2D eigenvalue weighted by molar-refractivity contribution is 7.94. The van der Waals surface area contributed by atoms with E-state index in [1.807, 2.05) is 4.90 Å². The first-order valence-corrected chi connectivity index (χ1v) is 7.85. The van der Waals surface area contributed by atoms with E-state index in [4.69, 9.17) is 13.0 Å². The molecule has 19 heavy (non-hydrogen) atoms. The molecule has 1 rings (SSSR count). The molecule has 1 aromatic rings. The Morgan fingerprint density at radius 3 is 2.47 bits per heavy atom. The minimum absolute atomic E-state index is 0.0744. The van der Waals surface area contributed by atoms with Gasteiger partial charge in [-0.05, 0) is 30.7 Å². The van der Waals surface area contributed by atoms with E-state index in [-0.39, 0.29) is 4.90 Å². The molecule has 6 nitrogen and oxygen atoms in total. The Morgan fingerprint density at radius 1 is 1.37 bits per heavy atom. The number of hydrogen-bond acceptors (Lipinski definition) is 6. The summed E-state index contributed by atoms with van der Waals surface area (Å²) in [4.78, 5) is 6.40. The Morgan fingerprint density at radius 2 is 2.00 bits per heavy atom. The molecule has 0 amide bonds. The fourth-order valence-corrected chi connectivity index (χ4v) is 2.38. The van der Waals surface area contributed by atoms with E-state index in [2.05, 4.69) is 9.22 Å². The van der Waals surface area contributed by atoms with E-state index in [0.29, 0.717) is 18.7 Å². The summed E-state index contributed by atoms with van der Waals surface area (Å²) in [5, 5.41) is 5.03. The van der Waals surface area contributed by atoms with Gasteiger partial charge in [-0.25, -0.2) is 18.4 Å². The lowest BCUT2D eigenvalue weighted by molar-refractivity contribution is -0.160. The Balaban J connectivity index is 2.66. The van der Waals surface area contributed by atoms with Crippen molar-refractivity contribution in [2.75, 3.05) is 30.8 Å². The van der Waals surface area contributed by atoms with Gasteiger partial charge in [0.25, 0.3) is 0 Å². The van der Waals surface area contributed by atoms with Crippen molar-refractivity contribution in [3.8, 4) is 0 Å². The van der Waals surface area contributed by atoms with Crippen molar-refractivity contribution in [3.63, 3.8) is 0 Å². The van der Waals surface area contributed by atoms with Crippen LogP contribution in [0.15, 0.2) is 29.2 Å². The summed E-state index contributed by atoms with van der Waals surface area (Å²) in [5.74, 6) is 0.655. The van der Waals surface area contributed by atoms with E-state index in [0.717, 1.165) is 17.7 Å². The van der Waals surface area contributed by atoms with Gasteiger partial charge in [0.05, 0.1) is 19.9 Å². The Kier molecular flexibility index (Phi) is 6.66. The molecule has 0 aliphatic carbocycles. The van der Waals surface area contributed by atoms with Crippen molar-refractivity contribution in [2.24, 2.45) is 5.14 Å². The normalized spacial score (nSPS) is 11.5. The molecule has 1 aromatic carbocycles. The van der Waals surface area contributed by atoms with E-state index >= 15 is 0 Å². The molecule has 0 spiro atoms. The smallest absolute Gasteiger partial charge is 0.238 e. The lowest BCUT2D eigenvalue weighted by Crippen LogP contribution is -2.27. The zero-order chi connectivity index (χ0) is 14.3. The molecule has 0 heterocycles. The fourth-order valence-electron chi connectivity index (χ4n) is 1.40. The molecule has 0 atom stereocenters. The van der Waals surface area contributed by atoms with Gasteiger partial charge < -0.3 is 4.90 Å². The number of benzene rings is 1. The molecule has 2 N–H and O–H groups in total. The largest absolute Gasteiger partial charge is 0.380 e. The second-order valence-corrected chi connectivity index (χ2v) is 5.88. The Hall–Kier alpha value is -0.735. The molecule has 0 unspecified atom stereocenters. The van der Waals surface area contributed by atoms with Gasteiger partial charge >= 0.3 is 0 Å². The predicted molar refractivity (Wildman–Crippen MR) is 76.3 cm³/mol. The molecule has 0 bridgehead atoms. The van der Waals surface area contributed by atoms with Gasteiger partial charge in [-0.15, -0.1) is 0 Å². The molecular weight excluding hydrogens is 287 g/mol. The third kappa shape index (κ3) is 5.41. The minimum Gasteiger partial charge on any atom is -0.380 e. The van der Waals surface area contributed by atoms with Crippen molar-refractivity contribution >= 4 is 35.6 Å². The highest BCUT2D eigenvalue weighted by Gasteiger charge is 2.09. The number of sulfonamides is 1. The summed E-state index contributed by atoms with van der Waals surface area (Å²) >= 11 is 1.16. The topological polar surface area (TPSA) is 81.9 Å². The van der Waals surface area contributed by atoms with Crippen LogP contribution in [0.25, 0.3) is 0 Å². The minimum atomic E-state index is -3.67. The Bertz CT molecular complexity index is 481. The quantitative estimate of drug-likeness (QED) is 0.247. The number of primary sulfonamides is 1. The van der Waals surface area contributed by atoms with Crippen LogP contribution in [0.4, 0.5) is 5.69 Å². The van der Waals surface area contributed by atoms with Crippen LogP contribution in [0.5, 0.6) is 0 Å². The second kappa shape index (κ2) is 7.76. The van der Waals surface area contributed by atoms with Crippen LogP contribution >= 0.6 is 12.0 Å². The first-order valence-electron chi connectivity index (χ1n) is 5.39. The molecule has 9 heteroatoms. The van der Waals surface area contributed by atoms with Crippen LogP contribution in [0.1, 0.15) is 0 Å². The van der Waals surface area contributed by atoms with Gasteiger partial charge in [-0.2, -0.15) is 4.33 Å². The lowest BCUT2D eigenvalue weighted by atomic mass is 10.1. The van der Waals surface area contributed by atoms with Gasteiger partial charge in [0.1, 0.15) is 0 Å². The summed E-state index contributed by atoms with van der Waals surface area (Å²) in [7, 11) is 3.41. The second-order valence-electron chi connectivity index (χ2n) is 3.54. The van der Waals surface area contributed by atoms with Crippen LogP contribution in [0.3, 0.4) is 0 Å². The fraction of sp³-hybridized carbons (Fsp3) is 0.400. The van der Waals surface area contributed by atoms with Crippen LogP contribution in [-0.4, -0.2) is 42.1 Å². The molecule has 104 valence electrons. The molecule has 0 saturated carbocycles. The Labute approximate surface area is 118 Å². The standard InChI is InChI=1S/C10H15BN2O4S2/c1-16-17-18-7-6-13(8-11)9-2-4-10(5-3-9)19(12,14)15/h2-5H,6-8H2,1H3,(H2,12,14,15). The number of rotatable bonds is 8. The molecule has 0 saturated heterocycles. The number of hydrogen-bond donors (Lipinski definition) is 1. The number of anilines is 1. The molecule has 0 aliphatic heterocycles. The van der Waals surface area contributed by atoms with Gasteiger partial charge in [0.2, 0.25) is 10.0 Å². The van der Waals surface area contributed by atoms with Crippen LogP contribution in [-0.2, 0) is 19.2 Å². The van der Waals surface area contributed by atoms with Crippen LogP contribution in [0.2, 0.25) is 0 Å². The van der Waals surface area contributed by atoms with Gasteiger partial charge in [-0.3, -0.25) is 0 Å². The van der Waals surface area contributed by atoms with E-state index in [1.165, 1.54) is 19.2 Å². The lowest BCUT2D eigenvalue weighted by Gasteiger charge is -2.23. The maximum absolute atomic E-state index is 11.1. The van der Waals surface area contributed by atoms with Gasteiger partial charge in [0.15, 0.2) is 0 Å². The maximum atomic E-state index is 11.1. The van der Waals surface area contributed by atoms with Crippen molar-refractivity contribution in [2.45, 2.75) is 4.90 Å². The van der Waals surface area contributed by atoms with Crippen LogP contribution in [0, 0.1) is 0 Å². The SMILES string of the molecule is [B]CN(CCSOOC)c1ccc(S(N)(=O)=O)cc1. The third-order valence-corrected chi connectivity index (χ3v) is 3.82. The van der Waals surface area contributed by atoms with Gasteiger partial charge in [-0.1, -0.05) is 0 Å². The van der Waals surface area contributed by atoms with E-state index in [9.17, 15) is 8.42 Å². The number of nitrogens with zero attached hydrogens (tertiary/aromatic N) is 1. The van der Waals surface area contributed by atoms with Crippen LogP contribution < -0.4 is 10.0 Å². The molecule has 0 aromatic heterocycles. The van der Waals surface area contributed by atoms with Gasteiger partial charge in [0, 0.05) is 30.0 Å². The first kappa shape index (κ1) is 16.3. The predicted octanol–water partition coefficient (Wildman–Crippen LogP) is 0.493. The average molecular weight is 302 g/mol. The summed E-state index contributed by atoms with van der Waals surface area (Å²) in [6.45, 7) is 0.638. The zero-order valence-electron chi connectivity index (χ0n) is 10.5. The van der Waals surface area contributed by atoms with E-state index in [1.54, 1.807) is 12.1 Å². The average Bonchev–Trinajstić information content (AvgIpc) is 2.38. The van der Waals surface area contributed by atoms with E-state index < -0.39 is 10.0 Å². The maximum Gasteiger partial charge on any atom is 0.238 e.